The molecule has 8 heteroatoms. The Morgan fingerprint density at radius 2 is 1.65 bits per heavy atom. The lowest BCUT2D eigenvalue weighted by Gasteiger charge is -2.17. The normalized spacial score (nSPS) is 10.5. The average Bonchev–Trinajstić information content (AvgIpc) is 2.83. The SMILES string of the molecule is CC(C)COc1ccc(C(=O)NC(=S)Nc2ccc(C(=O)N(C)c3ccccc3)cc2)cc1Br. The van der Waals surface area contributed by atoms with Crippen LogP contribution in [-0.4, -0.2) is 30.6 Å². The molecular weight excluding hydrogens is 514 g/mol. The molecule has 3 aromatic rings. The maximum atomic E-state index is 12.7. The maximum absolute atomic E-state index is 12.7. The molecule has 0 fully saturated rings. The Bertz CT molecular complexity index is 1170. The van der Waals surface area contributed by atoms with Gasteiger partial charge in [0.1, 0.15) is 5.75 Å². The molecule has 6 nitrogen and oxygen atoms in total. The number of hydrogen-bond acceptors (Lipinski definition) is 4. The molecule has 0 unspecified atom stereocenters. The molecular formula is C26H26BrN3O3S. The fourth-order valence-electron chi connectivity index (χ4n) is 3.01. The number of anilines is 2. The van der Waals surface area contributed by atoms with Gasteiger partial charge in [0.2, 0.25) is 0 Å². The minimum absolute atomic E-state index is 0.125. The smallest absolute Gasteiger partial charge is 0.258 e. The van der Waals surface area contributed by atoms with Crippen LogP contribution in [0.25, 0.3) is 0 Å². The Morgan fingerprint density at radius 3 is 2.26 bits per heavy atom. The summed E-state index contributed by atoms with van der Waals surface area (Å²) in [5, 5.41) is 5.78. The third-order valence-electron chi connectivity index (χ3n) is 4.83. The van der Waals surface area contributed by atoms with Crippen LogP contribution < -0.4 is 20.3 Å². The van der Waals surface area contributed by atoms with Crippen molar-refractivity contribution in [2.75, 3.05) is 23.9 Å². The van der Waals surface area contributed by atoms with Crippen LogP contribution in [0.1, 0.15) is 34.6 Å². The van der Waals surface area contributed by atoms with Crippen LogP contribution in [0, 0.1) is 5.92 Å². The first-order chi connectivity index (χ1) is 16.2. The summed E-state index contributed by atoms with van der Waals surface area (Å²) in [4.78, 5) is 26.9. The summed E-state index contributed by atoms with van der Waals surface area (Å²) in [6.07, 6.45) is 0. The third-order valence-corrected chi connectivity index (χ3v) is 5.65. The van der Waals surface area contributed by atoms with Crippen molar-refractivity contribution in [1.29, 1.82) is 0 Å². The molecule has 3 rings (SSSR count). The van der Waals surface area contributed by atoms with Crippen LogP contribution >= 0.6 is 28.1 Å². The monoisotopic (exact) mass is 539 g/mol. The Balaban J connectivity index is 1.57. The van der Waals surface area contributed by atoms with Gasteiger partial charge in [-0.25, -0.2) is 0 Å². The van der Waals surface area contributed by atoms with Crippen LogP contribution in [0.5, 0.6) is 5.75 Å². The number of benzene rings is 3. The zero-order valence-electron chi connectivity index (χ0n) is 19.2. The van der Waals surface area contributed by atoms with Crippen LogP contribution in [0.4, 0.5) is 11.4 Å². The van der Waals surface area contributed by atoms with E-state index >= 15 is 0 Å². The molecule has 2 N–H and O–H groups in total. The second-order valence-electron chi connectivity index (χ2n) is 8.04. The largest absolute Gasteiger partial charge is 0.492 e. The molecule has 34 heavy (non-hydrogen) atoms. The van der Waals surface area contributed by atoms with Crippen molar-refractivity contribution in [2.45, 2.75) is 13.8 Å². The minimum Gasteiger partial charge on any atom is -0.492 e. The van der Waals surface area contributed by atoms with E-state index < -0.39 is 0 Å². The van der Waals surface area contributed by atoms with Crippen molar-refractivity contribution in [3.05, 3.63) is 88.4 Å². The van der Waals surface area contributed by atoms with Crippen molar-refractivity contribution in [1.82, 2.24) is 5.32 Å². The Morgan fingerprint density at radius 1 is 1.00 bits per heavy atom. The van der Waals surface area contributed by atoms with Crippen LogP contribution in [0.2, 0.25) is 0 Å². The quantitative estimate of drug-likeness (QED) is 0.366. The van der Waals surface area contributed by atoms with E-state index in [-0.39, 0.29) is 16.9 Å². The van der Waals surface area contributed by atoms with Crippen molar-refractivity contribution in [2.24, 2.45) is 5.92 Å². The molecule has 0 aliphatic rings. The zero-order valence-corrected chi connectivity index (χ0v) is 21.6. The molecule has 176 valence electrons. The van der Waals surface area contributed by atoms with Crippen LogP contribution in [0.3, 0.4) is 0 Å². The summed E-state index contributed by atoms with van der Waals surface area (Å²) in [6, 6.07) is 21.4. The summed E-state index contributed by atoms with van der Waals surface area (Å²) in [5.41, 5.74) is 2.45. The van der Waals surface area contributed by atoms with Gasteiger partial charge in [0.25, 0.3) is 11.8 Å². The van der Waals surface area contributed by atoms with E-state index in [1.165, 1.54) is 0 Å². The standard InChI is InChI=1S/C26H26BrN3O3S/c1-17(2)16-33-23-14-11-19(15-22(23)27)24(31)29-26(34)28-20-12-9-18(10-13-20)25(32)30(3)21-7-5-4-6-8-21/h4-15,17H,16H2,1-3H3,(H2,28,29,31,34). The highest BCUT2D eigenvalue weighted by Gasteiger charge is 2.14. The first-order valence-corrected chi connectivity index (χ1v) is 11.9. The number of nitrogens with one attached hydrogen (secondary N) is 2. The van der Waals surface area contributed by atoms with Gasteiger partial charge in [-0.3, -0.25) is 14.9 Å². The topological polar surface area (TPSA) is 70.7 Å². The zero-order chi connectivity index (χ0) is 24.7. The molecule has 0 saturated carbocycles. The highest BCUT2D eigenvalue weighted by Crippen LogP contribution is 2.26. The molecule has 0 aliphatic carbocycles. The van der Waals surface area contributed by atoms with Gasteiger partial charge in [0.15, 0.2) is 5.11 Å². The number of para-hydroxylation sites is 1. The van der Waals surface area contributed by atoms with E-state index in [4.69, 9.17) is 17.0 Å². The molecule has 0 aromatic heterocycles. The van der Waals surface area contributed by atoms with Crippen molar-refractivity contribution < 1.29 is 14.3 Å². The Kier molecular flexibility index (Phi) is 8.79. The molecule has 0 radical (unpaired) electrons. The van der Waals surface area contributed by atoms with Crippen LogP contribution in [0.15, 0.2) is 77.3 Å². The average molecular weight is 540 g/mol. The van der Waals surface area contributed by atoms with Crippen molar-refractivity contribution in [3.8, 4) is 5.75 Å². The van der Waals surface area contributed by atoms with Crippen LogP contribution in [-0.2, 0) is 0 Å². The van der Waals surface area contributed by atoms with Gasteiger partial charge in [-0.15, -0.1) is 0 Å². The summed E-state index contributed by atoms with van der Waals surface area (Å²) in [5.74, 6) is 0.610. The molecule has 0 atom stereocenters. The Hall–Kier alpha value is -3.23. The Labute approximate surface area is 213 Å². The molecule has 0 spiro atoms. The highest BCUT2D eigenvalue weighted by molar-refractivity contribution is 9.10. The summed E-state index contributed by atoms with van der Waals surface area (Å²) in [6.45, 7) is 4.72. The van der Waals surface area contributed by atoms with Gasteiger partial charge >= 0.3 is 0 Å². The maximum Gasteiger partial charge on any atom is 0.258 e. The number of carbonyl (C=O) groups excluding carboxylic acids is 2. The van der Waals surface area contributed by atoms with E-state index in [9.17, 15) is 9.59 Å². The molecule has 0 bridgehead atoms. The van der Waals surface area contributed by atoms with Crippen molar-refractivity contribution in [3.63, 3.8) is 0 Å². The molecule has 2 amide bonds. The van der Waals surface area contributed by atoms with E-state index in [1.54, 1.807) is 54.4 Å². The number of hydrogen-bond donors (Lipinski definition) is 2. The first-order valence-electron chi connectivity index (χ1n) is 10.7. The van der Waals surface area contributed by atoms with Gasteiger partial charge in [-0.1, -0.05) is 32.0 Å². The second kappa shape index (κ2) is 11.8. The minimum atomic E-state index is -0.343. The van der Waals surface area contributed by atoms with E-state index in [2.05, 4.69) is 40.4 Å². The van der Waals surface area contributed by atoms with E-state index in [0.29, 0.717) is 39.6 Å². The number of ether oxygens (including phenoxy) is 1. The number of rotatable bonds is 7. The highest BCUT2D eigenvalue weighted by atomic mass is 79.9. The summed E-state index contributed by atoms with van der Waals surface area (Å²) >= 11 is 8.72. The van der Waals surface area contributed by atoms with Crippen molar-refractivity contribution >= 4 is 56.4 Å². The molecule has 0 heterocycles. The second-order valence-corrected chi connectivity index (χ2v) is 9.30. The first kappa shape index (κ1) is 25.4. The van der Waals surface area contributed by atoms with Gasteiger partial charge < -0.3 is 15.0 Å². The number of carbonyl (C=O) groups is 2. The fraction of sp³-hybridized carbons (Fsp3) is 0.192. The lowest BCUT2D eigenvalue weighted by Crippen LogP contribution is -2.34. The fourth-order valence-corrected chi connectivity index (χ4v) is 3.72. The van der Waals surface area contributed by atoms with Gasteiger partial charge in [0, 0.05) is 29.5 Å². The number of nitrogens with zero attached hydrogens (tertiary/aromatic N) is 1. The van der Waals surface area contributed by atoms with E-state index in [1.807, 2.05) is 30.3 Å². The predicted molar refractivity (Wildman–Crippen MR) is 144 cm³/mol. The molecule has 0 saturated heterocycles. The number of halogens is 1. The molecule has 0 aliphatic heterocycles. The summed E-state index contributed by atoms with van der Waals surface area (Å²) < 4.78 is 6.41. The lowest BCUT2D eigenvalue weighted by molar-refractivity contribution is 0.0974. The lowest BCUT2D eigenvalue weighted by atomic mass is 10.1. The van der Waals surface area contributed by atoms with Gasteiger partial charge in [-0.2, -0.15) is 0 Å². The summed E-state index contributed by atoms with van der Waals surface area (Å²) in [7, 11) is 1.73. The van der Waals surface area contributed by atoms with Gasteiger partial charge in [0.05, 0.1) is 11.1 Å². The number of thiocarbonyl (C=S) groups is 1. The number of amides is 2. The van der Waals surface area contributed by atoms with Gasteiger partial charge in [-0.05, 0) is 88.7 Å². The predicted octanol–water partition coefficient (Wildman–Crippen LogP) is 5.89. The third kappa shape index (κ3) is 6.88. The van der Waals surface area contributed by atoms with E-state index in [0.717, 1.165) is 5.69 Å². The molecule has 3 aromatic carbocycles.